The van der Waals surface area contributed by atoms with E-state index < -0.39 is 12.1 Å². The molecule has 1 rings (SSSR count). The summed E-state index contributed by atoms with van der Waals surface area (Å²) in [6.45, 7) is 1.90. The number of aliphatic hydroxyl groups is 1. The van der Waals surface area contributed by atoms with Gasteiger partial charge in [-0.1, -0.05) is 12.1 Å². The lowest BCUT2D eigenvalue weighted by atomic mass is 10.0. The second-order valence-corrected chi connectivity index (χ2v) is 3.50. The minimum Gasteiger partial charge on any atom is -0.496 e. The summed E-state index contributed by atoms with van der Waals surface area (Å²) in [4.78, 5) is 11.1. The number of carbonyl (C=O) groups is 1. The van der Waals surface area contributed by atoms with E-state index in [1.165, 1.54) is 7.11 Å². The summed E-state index contributed by atoms with van der Waals surface area (Å²) in [7, 11) is 2.81. The highest BCUT2D eigenvalue weighted by atomic mass is 16.5. The monoisotopic (exact) mass is 224 g/mol. The molecule has 1 aromatic rings. The van der Waals surface area contributed by atoms with Crippen LogP contribution in [0.4, 0.5) is 0 Å². The molecule has 0 amide bonds. The number of methoxy groups -OCH3 is 2. The van der Waals surface area contributed by atoms with Crippen molar-refractivity contribution >= 4 is 5.97 Å². The lowest BCUT2D eigenvalue weighted by Crippen LogP contribution is -2.24. The Hall–Kier alpha value is -1.55. The van der Waals surface area contributed by atoms with Gasteiger partial charge in [-0.3, -0.25) is 0 Å². The van der Waals surface area contributed by atoms with E-state index in [0.29, 0.717) is 5.75 Å². The van der Waals surface area contributed by atoms with Gasteiger partial charge in [0.2, 0.25) is 0 Å². The number of carbonyl (C=O) groups excluding carboxylic acids is 1. The van der Waals surface area contributed by atoms with Crippen molar-refractivity contribution in [2.24, 2.45) is 0 Å². The molecule has 88 valence electrons. The van der Waals surface area contributed by atoms with Gasteiger partial charge in [0.1, 0.15) is 5.75 Å². The number of aryl methyl sites for hydroxylation is 1. The smallest absolute Gasteiger partial charge is 0.335 e. The van der Waals surface area contributed by atoms with E-state index in [4.69, 9.17) is 4.74 Å². The number of rotatable bonds is 4. The van der Waals surface area contributed by atoms with Gasteiger partial charge in [-0.15, -0.1) is 0 Å². The SMILES string of the molecule is COC(=O)C(O)Cc1c(C)cccc1OC. The molecule has 0 saturated heterocycles. The summed E-state index contributed by atoms with van der Waals surface area (Å²) in [5, 5.41) is 9.59. The lowest BCUT2D eigenvalue weighted by molar-refractivity contribution is -0.150. The van der Waals surface area contributed by atoms with E-state index in [1.807, 2.05) is 19.1 Å². The third kappa shape index (κ3) is 2.73. The summed E-state index contributed by atoms with van der Waals surface area (Å²) in [6, 6.07) is 5.57. The first kappa shape index (κ1) is 12.5. The fraction of sp³-hybridized carbons (Fsp3) is 0.417. The number of esters is 1. The van der Waals surface area contributed by atoms with E-state index in [1.54, 1.807) is 13.2 Å². The van der Waals surface area contributed by atoms with Gasteiger partial charge in [-0.2, -0.15) is 0 Å². The molecule has 4 nitrogen and oxygen atoms in total. The minimum atomic E-state index is -1.15. The maximum Gasteiger partial charge on any atom is 0.335 e. The summed E-state index contributed by atoms with van der Waals surface area (Å²) < 4.78 is 9.65. The molecule has 1 unspecified atom stereocenters. The van der Waals surface area contributed by atoms with Gasteiger partial charge in [0, 0.05) is 12.0 Å². The van der Waals surface area contributed by atoms with Gasteiger partial charge in [0.15, 0.2) is 6.10 Å². The van der Waals surface area contributed by atoms with E-state index >= 15 is 0 Å². The third-order valence-electron chi connectivity index (χ3n) is 2.46. The highest BCUT2D eigenvalue weighted by Crippen LogP contribution is 2.23. The van der Waals surface area contributed by atoms with Gasteiger partial charge >= 0.3 is 5.97 Å². The molecule has 0 aliphatic heterocycles. The Labute approximate surface area is 94.8 Å². The number of hydrogen-bond donors (Lipinski definition) is 1. The van der Waals surface area contributed by atoms with Crippen LogP contribution in [0.15, 0.2) is 18.2 Å². The molecule has 0 heterocycles. The van der Waals surface area contributed by atoms with Gasteiger partial charge in [-0.05, 0) is 18.6 Å². The Morgan fingerprint density at radius 1 is 1.44 bits per heavy atom. The molecule has 0 spiro atoms. The first-order valence-electron chi connectivity index (χ1n) is 4.98. The molecule has 1 atom stereocenters. The van der Waals surface area contributed by atoms with Gasteiger partial charge < -0.3 is 14.6 Å². The molecule has 4 heteroatoms. The van der Waals surface area contributed by atoms with Crippen LogP contribution in [-0.2, 0) is 16.0 Å². The van der Waals surface area contributed by atoms with Crippen LogP contribution in [0.3, 0.4) is 0 Å². The molecule has 0 bridgehead atoms. The zero-order valence-electron chi connectivity index (χ0n) is 9.69. The average molecular weight is 224 g/mol. The quantitative estimate of drug-likeness (QED) is 0.777. The van der Waals surface area contributed by atoms with Gasteiger partial charge in [-0.25, -0.2) is 4.79 Å². The number of ether oxygens (including phenoxy) is 2. The maximum atomic E-state index is 11.1. The van der Waals surface area contributed by atoms with E-state index in [0.717, 1.165) is 11.1 Å². The Kier molecular flexibility index (Phi) is 4.31. The summed E-state index contributed by atoms with van der Waals surface area (Å²) in [5.74, 6) is 0.0354. The van der Waals surface area contributed by atoms with E-state index in [2.05, 4.69) is 4.74 Å². The van der Waals surface area contributed by atoms with Crippen LogP contribution < -0.4 is 4.74 Å². The van der Waals surface area contributed by atoms with Gasteiger partial charge in [0.25, 0.3) is 0 Å². The molecular weight excluding hydrogens is 208 g/mol. The summed E-state index contributed by atoms with van der Waals surface area (Å²) in [5.41, 5.74) is 1.80. The molecule has 0 fully saturated rings. The van der Waals surface area contributed by atoms with Crippen molar-refractivity contribution in [2.45, 2.75) is 19.4 Å². The Morgan fingerprint density at radius 2 is 2.12 bits per heavy atom. The zero-order valence-corrected chi connectivity index (χ0v) is 9.69. The van der Waals surface area contributed by atoms with Crippen molar-refractivity contribution in [1.29, 1.82) is 0 Å². The van der Waals surface area contributed by atoms with Crippen molar-refractivity contribution < 1.29 is 19.4 Å². The van der Waals surface area contributed by atoms with Crippen molar-refractivity contribution in [3.05, 3.63) is 29.3 Å². The molecule has 0 saturated carbocycles. The second kappa shape index (κ2) is 5.51. The zero-order chi connectivity index (χ0) is 12.1. The first-order valence-corrected chi connectivity index (χ1v) is 4.98. The van der Waals surface area contributed by atoms with Crippen LogP contribution in [0.2, 0.25) is 0 Å². The maximum absolute atomic E-state index is 11.1. The van der Waals surface area contributed by atoms with Crippen LogP contribution in [0.5, 0.6) is 5.75 Å². The average Bonchev–Trinajstić information content (AvgIpc) is 2.30. The Morgan fingerprint density at radius 3 is 2.69 bits per heavy atom. The summed E-state index contributed by atoms with van der Waals surface area (Å²) in [6.07, 6.45) is -0.956. The van der Waals surface area contributed by atoms with Crippen LogP contribution in [-0.4, -0.2) is 31.4 Å². The predicted molar refractivity (Wildman–Crippen MR) is 59.5 cm³/mol. The van der Waals surface area contributed by atoms with Crippen LogP contribution >= 0.6 is 0 Å². The van der Waals surface area contributed by atoms with Crippen molar-refractivity contribution in [1.82, 2.24) is 0 Å². The van der Waals surface area contributed by atoms with Crippen LogP contribution in [0, 0.1) is 6.92 Å². The largest absolute Gasteiger partial charge is 0.496 e. The first-order chi connectivity index (χ1) is 7.60. The number of hydrogen-bond acceptors (Lipinski definition) is 4. The molecule has 0 aliphatic carbocycles. The molecule has 0 radical (unpaired) electrons. The van der Waals surface area contributed by atoms with Gasteiger partial charge in [0.05, 0.1) is 14.2 Å². The normalized spacial score (nSPS) is 12.0. The van der Waals surface area contributed by atoms with E-state index in [9.17, 15) is 9.90 Å². The van der Waals surface area contributed by atoms with Crippen molar-refractivity contribution in [3.63, 3.8) is 0 Å². The lowest BCUT2D eigenvalue weighted by Gasteiger charge is -2.14. The summed E-state index contributed by atoms with van der Waals surface area (Å²) >= 11 is 0. The highest BCUT2D eigenvalue weighted by Gasteiger charge is 2.19. The number of aliphatic hydroxyl groups excluding tert-OH is 1. The highest BCUT2D eigenvalue weighted by molar-refractivity contribution is 5.74. The molecule has 1 aromatic carbocycles. The Balaban J connectivity index is 2.91. The van der Waals surface area contributed by atoms with E-state index in [-0.39, 0.29) is 6.42 Å². The second-order valence-electron chi connectivity index (χ2n) is 3.50. The standard InChI is InChI=1S/C12H16O4/c1-8-5-4-6-11(15-2)9(8)7-10(13)12(14)16-3/h4-6,10,13H,7H2,1-3H3. The van der Waals surface area contributed by atoms with Crippen LogP contribution in [0.1, 0.15) is 11.1 Å². The third-order valence-corrected chi connectivity index (χ3v) is 2.46. The molecule has 1 N–H and O–H groups in total. The fourth-order valence-electron chi connectivity index (χ4n) is 1.54. The Bertz CT molecular complexity index is 373. The molecule has 0 aliphatic rings. The number of benzene rings is 1. The van der Waals surface area contributed by atoms with Crippen molar-refractivity contribution in [3.8, 4) is 5.75 Å². The molecular formula is C12H16O4. The molecule has 0 aromatic heterocycles. The van der Waals surface area contributed by atoms with Crippen molar-refractivity contribution in [2.75, 3.05) is 14.2 Å². The predicted octanol–water partition coefficient (Wildman–Crippen LogP) is 1.08. The topological polar surface area (TPSA) is 55.8 Å². The molecule has 16 heavy (non-hydrogen) atoms. The fourth-order valence-corrected chi connectivity index (χ4v) is 1.54. The minimum absolute atomic E-state index is 0.197. The van der Waals surface area contributed by atoms with Crippen LogP contribution in [0.25, 0.3) is 0 Å².